The lowest BCUT2D eigenvalue weighted by Crippen LogP contribution is -2.40. The number of amides is 4. The van der Waals surface area contributed by atoms with Crippen molar-refractivity contribution in [2.75, 3.05) is 96.5 Å². The van der Waals surface area contributed by atoms with Crippen molar-refractivity contribution in [3.8, 4) is 0 Å². The van der Waals surface area contributed by atoms with Gasteiger partial charge in [0.15, 0.2) is 0 Å². The number of carbonyl (C=O) groups excluding carboxylic acids is 4. The summed E-state index contributed by atoms with van der Waals surface area (Å²) in [5.41, 5.74) is 7.17. The summed E-state index contributed by atoms with van der Waals surface area (Å²) in [5.74, 6) is -1.25. The van der Waals surface area contributed by atoms with Crippen LogP contribution in [0, 0.1) is 27.7 Å². The van der Waals surface area contributed by atoms with Crippen molar-refractivity contribution in [1.82, 2.24) is 34.1 Å². The Kier molecular flexibility index (Phi) is 14.2. The molecule has 6 N–H and O–H groups in total. The molecule has 4 aromatic rings. The summed E-state index contributed by atoms with van der Waals surface area (Å²) in [6, 6.07) is 9.19. The lowest BCUT2D eigenvalue weighted by Gasteiger charge is -2.26. The van der Waals surface area contributed by atoms with Crippen LogP contribution >= 0.6 is 0 Å². The molecule has 0 unspecified atom stereocenters. The first-order chi connectivity index (χ1) is 32.4. The topological polar surface area (TPSA) is 244 Å². The number of sulfonamides is 2. The zero-order valence-electron chi connectivity index (χ0n) is 38.8. The lowest BCUT2D eigenvalue weighted by molar-refractivity contribution is -0.111. The molecule has 2 fully saturated rings. The first-order valence-corrected chi connectivity index (χ1v) is 25.5. The van der Waals surface area contributed by atoms with Crippen molar-refractivity contribution in [3.05, 3.63) is 92.6 Å². The van der Waals surface area contributed by atoms with Gasteiger partial charge in [-0.05, 0) is 120 Å². The molecule has 0 aliphatic carbocycles. The van der Waals surface area contributed by atoms with Gasteiger partial charge in [-0.25, -0.2) is 16.8 Å². The molecule has 0 spiro atoms. The highest BCUT2D eigenvalue weighted by Crippen LogP contribution is 2.38. The van der Waals surface area contributed by atoms with Crippen molar-refractivity contribution >= 4 is 78.3 Å². The third-order valence-corrected chi connectivity index (χ3v) is 16.5. The van der Waals surface area contributed by atoms with Crippen LogP contribution in [0.4, 0.5) is 11.4 Å². The number of hydrogen-bond donors (Lipinski definition) is 6. The Morgan fingerprint density at radius 1 is 0.647 bits per heavy atom. The van der Waals surface area contributed by atoms with Gasteiger partial charge in [0.25, 0.3) is 23.6 Å². The van der Waals surface area contributed by atoms with Crippen LogP contribution in [0.5, 0.6) is 0 Å². The lowest BCUT2D eigenvalue weighted by atomic mass is 10.0. The fourth-order valence-corrected chi connectivity index (χ4v) is 11.9. The number of fused-ring (bicyclic) bond motifs is 2. The zero-order valence-corrected chi connectivity index (χ0v) is 40.4. The van der Waals surface area contributed by atoms with E-state index in [-0.39, 0.29) is 70.7 Å². The second-order valence-corrected chi connectivity index (χ2v) is 21.2. The van der Waals surface area contributed by atoms with E-state index in [0.29, 0.717) is 133 Å². The van der Waals surface area contributed by atoms with Crippen molar-refractivity contribution in [2.24, 2.45) is 0 Å². The highest BCUT2D eigenvalue weighted by Gasteiger charge is 2.33. The molecule has 0 radical (unpaired) electrons. The van der Waals surface area contributed by atoms with E-state index >= 15 is 0 Å². The summed E-state index contributed by atoms with van der Waals surface area (Å²) in [6.45, 7) is 11.7. The predicted octanol–water partition coefficient (Wildman–Crippen LogP) is 3.48. The van der Waals surface area contributed by atoms with Crippen molar-refractivity contribution in [1.29, 1.82) is 0 Å². The van der Waals surface area contributed by atoms with Gasteiger partial charge in [-0.1, -0.05) is 0 Å². The highest BCUT2D eigenvalue weighted by atomic mass is 32.2. The van der Waals surface area contributed by atoms with E-state index in [1.807, 2.05) is 7.05 Å². The molecule has 2 aromatic carbocycles. The summed E-state index contributed by atoms with van der Waals surface area (Å²) < 4.78 is 66.9. The minimum absolute atomic E-state index is 0.0876. The van der Waals surface area contributed by atoms with Crippen molar-refractivity contribution in [3.63, 3.8) is 0 Å². The van der Waals surface area contributed by atoms with E-state index in [9.17, 15) is 36.0 Å². The predicted molar refractivity (Wildman–Crippen MR) is 257 cm³/mol. The molecule has 6 heterocycles. The largest absolute Gasteiger partial charge is 0.379 e. The van der Waals surface area contributed by atoms with Crippen LogP contribution in [0.25, 0.3) is 23.3 Å². The number of benzene rings is 2. The minimum Gasteiger partial charge on any atom is -0.379 e. The van der Waals surface area contributed by atoms with Gasteiger partial charge in [0.1, 0.15) is 0 Å². The van der Waals surface area contributed by atoms with E-state index in [4.69, 9.17) is 9.47 Å². The molecule has 4 amide bonds. The number of rotatable bonds is 16. The number of hydrogen-bond acceptors (Lipinski definition) is 11. The molecule has 2 aromatic heterocycles. The summed E-state index contributed by atoms with van der Waals surface area (Å²) in [6.07, 6.45) is 4.65. The normalized spacial score (nSPS) is 18.0. The molecule has 21 heteroatoms. The Balaban J connectivity index is 0.811. The molecular weight excluding hydrogens is 915 g/mol. The number of morpholine rings is 2. The number of aromatic amines is 2. The number of nitrogens with zero attached hydrogens (tertiary/aromatic N) is 3. The molecule has 4 aliphatic rings. The number of H-pyrrole nitrogens is 2. The minimum atomic E-state index is -3.79. The molecule has 2 saturated heterocycles. The maximum atomic E-state index is 13.4. The summed E-state index contributed by atoms with van der Waals surface area (Å²) >= 11 is 0. The molecule has 0 bridgehead atoms. The highest BCUT2D eigenvalue weighted by molar-refractivity contribution is 7.89. The Bertz CT molecular complexity index is 2760. The Hall–Kier alpha value is -5.94. The Morgan fingerprint density at radius 3 is 1.41 bits per heavy atom. The first-order valence-electron chi connectivity index (χ1n) is 22.6. The average molecular weight is 972 g/mol. The second-order valence-electron chi connectivity index (χ2n) is 17.3. The van der Waals surface area contributed by atoms with Crippen LogP contribution in [0.2, 0.25) is 0 Å². The number of ether oxygens (including phenoxy) is 2. The van der Waals surface area contributed by atoms with Crippen LogP contribution < -0.4 is 21.3 Å². The fraction of sp³-hybridized carbons (Fsp3) is 0.404. The van der Waals surface area contributed by atoms with Gasteiger partial charge in [-0.3, -0.25) is 19.2 Å². The van der Waals surface area contributed by atoms with Gasteiger partial charge in [0.05, 0.1) is 58.5 Å². The van der Waals surface area contributed by atoms with Gasteiger partial charge >= 0.3 is 0 Å². The molecular formula is C47H57N9O10S2. The number of aromatic nitrogens is 2. The van der Waals surface area contributed by atoms with Gasteiger partial charge < -0.3 is 45.6 Å². The van der Waals surface area contributed by atoms with Crippen molar-refractivity contribution < 1.29 is 45.5 Å². The van der Waals surface area contributed by atoms with Gasteiger partial charge in [-0.15, -0.1) is 0 Å². The first kappa shape index (κ1) is 48.5. The smallest absolute Gasteiger partial charge is 0.256 e. The van der Waals surface area contributed by atoms with E-state index in [1.165, 1.54) is 32.9 Å². The molecule has 0 saturated carbocycles. The van der Waals surface area contributed by atoms with E-state index < -0.39 is 20.0 Å². The Labute approximate surface area is 395 Å². The van der Waals surface area contributed by atoms with Gasteiger partial charge in [0, 0.05) is 84.5 Å². The van der Waals surface area contributed by atoms with E-state index in [1.54, 1.807) is 52.0 Å². The average Bonchev–Trinajstić information content (AvgIpc) is 4.00. The monoisotopic (exact) mass is 971 g/mol. The second kappa shape index (κ2) is 20.0. The Morgan fingerprint density at radius 2 is 1.03 bits per heavy atom. The summed E-state index contributed by atoms with van der Waals surface area (Å²) in [7, 11) is -5.61. The van der Waals surface area contributed by atoms with Gasteiger partial charge in [-0.2, -0.15) is 8.61 Å². The fourth-order valence-electron chi connectivity index (χ4n) is 9.01. The van der Waals surface area contributed by atoms with Crippen molar-refractivity contribution in [2.45, 2.75) is 50.3 Å². The van der Waals surface area contributed by atoms with E-state index in [0.717, 1.165) is 0 Å². The van der Waals surface area contributed by atoms with E-state index in [2.05, 4.69) is 36.1 Å². The summed E-state index contributed by atoms with van der Waals surface area (Å²) in [5, 5.41) is 11.6. The maximum absolute atomic E-state index is 13.4. The van der Waals surface area contributed by atoms with Crippen LogP contribution in [-0.4, -0.2) is 150 Å². The summed E-state index contributed by atoms with van der Waals surface area (Å²) in [4.78, 5) is 61.8. The third-order valence-electron chi connectivity index (χ3n) is 12.8. The van der Waals surface area contributed by atoms with Crippen LogP contribution in [0.15, 0.2) is 46.2 Å². The third kappa shape index (κ3) is 9.82. The zero-order chi connectivity index (χ0) is 48.5. The number of carbonyl (C=O) groups is 4. The molecule has 19 nitrogen and oxygen atoms in total. The maximum Gasteiger partial charge on any atom is 0.256 e. The quantitative estimate of drug-likeness (QED) is 0.0702. The molecule has 68 heavy (non-hydrogen) atoms. The van der Waals surface area contributed by atoms with Crippen LogP contribution in [0.3, 0.4) is 0 Å². The molecule has 4 aliphatic heterocycles. The molecule has 8 rings (SSSR count). The number of nitrogens with one attached hydrogen (secondary N) is 6. The van der Waals surface area contributed by atoms with Crippen LogP contribution in [0.1, 0.15) is 78.6 Å². The SMILES string of the molecule is Cc1[nH]c(/C=C2\C(=O)Nc3ccc(S(=O)(=O)N4CCOCC4)cc32)c(C)c1C(=O)NCCCN(C)CCCNC(=O)c1c(C)[nH]c(/C=C2\C(=O)Nc3ccc(S(=O)(=O)N4CCOCC4)cc32)c1C. The molecule has 362 valence electrons. The standard InChI is InChI=1S/C47H57N9O10S2/c1-28-40(26-36-34-24-32(8-10-38(34)52-44(36)57)67(61,62)55-16-20-65-21-17-55)50-30(3)42(28)46(59)48-12-6-14-54(5)15-7-13-49-47(60)43-29(2)41(51-31(43)4)27-37-35-25-33(9-11-39(35)53-45(37)58)68(63,64)56-18-22-66-23-19-56/h8-11,24-27,50-51H,6-7,12-23H2,1-5H3,(H,48,59)(H,49,60)(H,52,57)(H,53,58)/b36-26-,37-27-. The molecule has 0 atom stereocenters. The van der Waals surface area contributed by atoms with Gasteiger partial charge in [0.2, 0.25) is 20.0 Å². The number of aryl methyl sites for hydroxylation is 2. The van der Waals surface area contributed by atoms with Crippen LogP contribution in [-0.2, 0) is 39.1 Å². The number of anilines is 2.